The number of piperazine rings is 1. The van der Waals surface area contributed by atoms with Crippen LogP contribution in [-0.4, -0.2) is 80.6 Å². The second kappa shape index (κ2) is 8.10. The van der Waals surface area contributed by atoms with E-state index >= 15 is 0 Å². The molecule has 6 nitrogen and oxygen atoms in total. The van der Waals surface area contributed by atoms with E-state index in [1.807, 2.05) is 37.3 Å². The summed E-state index contributed by atoms with van der Waals surface area (Å²) in [5.41, 5.74) is 1.58. The van der Waals surface area contributed by atoms with E-state index in [9.17, 15) is 4.79 Å². The molecular weight excluding hydrogens is 278 g/mol. The lowest BCUT2D eigenvalue weighted by molar-refractivity contribution is 0.0946. The summed E-state index contributed by atoms with van der Waals surface area (Å²) in [5.74, 6) is -0.107. The topological polar surface area (TPSA) is 51.7 Å². The summed E-state index contributed by atoms with van der Waals surface area (Å²) in [4.78, 5) is 23.1. The van der Waals surface area contributed by atoms with Crippen LogP contribution < -0.4 is 10.2 Å². The van der Waals surface area contributed by atoms with E-state index in [2.05, 4.69) is 27.0 Å². The Kier molecular flexibility index (Phi) is 6.15. The van der Waals surface area contributed by atoms with E-state index in [4.69, 9.17) is 0 Å². The molecule has 22 heavy (non-hydrogen) atoms. The number of nitrogens with one attached hydrogen (secondary N) is 1. The maximum Gasteiger partial charge on any atom is 0.269 e. The Morgan fingerprint density at radius 1 is 1.27 bits per heavy atom. The monoisotopic (exact) mass is 305 g/mol. The summed E-state index contributed by atoms with van der Waals surface area (Å²) >= 11 is 0. The number of carbonyl (C=O) groups is 1. The van der Waals surface area contributed by atoms with E-state index in [1.165, 1.54) is 0 Å². The lowest BCUT2D eigenvalue weighted by Crippen LogP contribution is -2.46. The van der Waals surface area contributed by atoms with Crippen LogP contribution >= 0.6 is 0 Å². The van der Waals surface area contributed by atoms with Crippen LogP contribution in [-0.2, 0) is 0 Å². The van der Waals surface area contributed by atoms with Crippen molar-refractivity contribution in [3.63, 3.8) is 0 Å². The van der Waals surface area contributed by atoms with Crippen LogP contribution in [0, 0.1) is 0 Å². The van der Waals surface area contributed by atoms with E-state index < -0.39 is 0 Å². The van der Waals surface area contributed by atoms with Crippen molar-refractivity contribution in [3.8, 4) is 0 Å². The van der Waals surface area contributed by atoms with Crippen molar-refractivity contribution in [2.45, 2.75) is 6.92 Å². The number of aromatic nitrogens is 1. The number of hydrogen-bond donors (Lipinski definition) is 1. The predicted octanol–water partition coefficient (Wildman–Crippen LogP) is 0.515. The van der Waals surface area contributed by atoms with Crippen molar-refractivity contribution in [2.24, 2.45) is 0 Å². The number of nitrogens with zero attached hydrogens (tertiary/aromatic N) is 4. The van der Waals surface area contributed by atoms with E-state index in [0.717, 1.165) is 45.0 Å². The molecule has 0 aromatic carbocycles. The first-order chi connectivity index (χ1) is 10.6. The minimum atomic E-state index is -0.107. The van der Waals surface area contributed by atoms with E-state index in [-0.39, 0.29) is 5.91 Å². The number of carbonyl (C=O) groups excluding carboxylic acids is 1. The second-order valence-corrected chi connectivity index (χ2v) is 5.88. The molecule has 2 rings (SSSR count). The maximum absolute atomic E-state index is 12.0. The summed E-state index contributed by atoms with van der Waals surface area (Å²) in [7, 11) is 3.97. The normalized spacial score (nSPS) is 16.1. The molecule has 1 N–H and O–H groups in total. The molecule has 2 heterocycles. The zero-order valence-corrected chi connectivity index (χ0v) is 13.9. The van der Waals surface area contributed by atoms with Gasteiger partial charge in [-0.1, -0.05) is 6.92 Å². The first-order valence-electron chi connectivity index (χ1n) is 7.96. The molecule has 0 aliphatic carbocycles. The van der Waals surface area contributed by atoms with Gasteiger partial charge in [-0.05, 0) is 32.8 Å². The van der Waals surface area contributed by atoms with Crippen LogP contribution in [0.3, 0.4) is 0 Å². The first kappa shape index (κ1) is 16.7. The summed E-state index contributed by atoms with van der Waals surface area (Å²) in [6, 6.07) is 3.81. The number of anilines is 1. The van der Waals surface area contributed by atoms with Crippen molar-refractivity contribution < 1.29 is 4.79 Å². The smallest absolute Gasteiger partial charge is 0.269 e. The van der Waals surface area contributed by atoms with Gasteiger partial charge in [0.1, 0.15) is 5.69 Å². The highest BCUT2D eigenvalue weighted by atomic mass is 16.1. The molecule has 1 aromatic rings. The summed E-state index contributed by atoms with van der Waals surface area (Å²) in [6.07, 6.45) is 1.81. The first-order valence-corrected chi connectivity index (χ1v) is 7.96. The third kappa shape index (κ3) is 4.68. The zero-order valence-electron chi connectivity index (χ0n) is 13.9. The van der Waals surface area contributed by atoms with Gasteiger partial charge in [-0.2, -0.15) is 0 Å². The van der Waals surface area contributed by atoms with Crippen LogP contribution in [0.15, 0.2) is 18.3 Å². The van der Waals surface area contributed by atoms with Crippen molar-refractivity contribution in [1.82, 2.24) is 20.1 Å². The van der Waals surface area contributed by atoms with E-state index in [0.29, 0.717) is 12.2 Å². The van der Waals surface area contributed by atoms with Crippen LogP contribution in [0.4, 0.5) is 5.69 Å². The fourth-order valence-corrected chi connectivity index (χ4v) is 2.51. The van der Waals surface area contributed by atoms with Gasteiger partial charge >= 0.3 is 0 Å². The molecule has 0 unspecified atom stereocenters. The van der Waals surface area contributed by atoms with Gasteiger partial charge in [0, 0.05) is 39.3 Å². The van der Waals surface area contributed by atoms with Crippen molar-refractivity contribution in [2.75, 3.05) is 64.8 Å². The van der Waals surface area contributed by atoms with Crippen LogP contribution in [0.25, 0.3) is 0 Å². The number of pyridine rings is 1. The van der Waals surface area contributed by atoms with Gasteiger partial charge in [0.25, 0.3) is 5.91 Å². The summed E-state index contributed by atoms with van der Waals surface area (Å²) in [5, 5.41) is 2.88. The van der Waals surface area contributed by atoms with Gasteiger partial charge < -0.3 is 20.0 Å². The Morgan fingerprint density at radius 3 is 2.55 bits per heavy atom. The Balaban J connectivity index is 1.86. The molecule has 122 valence electrons. The zero-order chi connectivity index (χ0) is 15.9. The number of hydrogen-bond acceptors (Lipinski definition) is 5. The predicted molar refractivity (Wildman–Crippen MR) is 89.5 cm³/mol. The second-order valence-electron chi connectivity index (χ2n) is 5.88. The lowest BCUT2D eigenvalue weighted by atomic mass is 10.2. The highest BCUT2D eigenvalue weighted by Gasteiger charge is 2.16. The quantitative estimate of drug-likeness (QED) is 0.830. The molecule has 6 heteroatoms. The highest BCUT2D eigenvalue weighted by molar-refractivity contribution is 5.92. The number of rotatable bonds is 6. The number of amides is 1. The molecule has 1 fully saturated rings. The highest BCUT2D eigenvalue weighted by Crippen LogP contribution is 2.15. The van der Waals surface area contributed by atoms with Gasteiger partial charge in [0.2, 0.25) is 0 Å². The standard InChI is InChI=1S/C16H27N5O/c1-4-20-9-11-21(12-10-20)14-5-6-15(18-13-14)16(22)17-7-8-19(2)3/h5-6,13H,4,7-12H2,1-3H3,(H,17,22). The molecule has 1 aromatic heterocycles. The fraction of sp³-hybridized carbons (Fsp3) is 0.625. The molecule has 1 saturated heterocycles. The summed E-state index contributed by atoms with van der Waals surface area (Å²) in [6.45, 7) is 8.97. The Morgan fingerprint density at radius 2 is 2.00 bits per heavy atom. The van der Waals surface area contributed by atoms with Crippen molar-refractivity contribution in [3.05, 3.63) is 24.0 Å². The van der Waals surface area contributed by atoms with Crippen molar-refractivity contribution in [1.29, 1.82) is 0 Å². The number of likely N-dealkylation sites (N-methyl/N-ethyl adjacent to an activating group) is 2. The third-order valence-electron chi connectivity index (χ3n) is 4.01. The molecule has 1 aliphatic heterocycles. The minimum absolute atomic E-state index is 0.107. The average Bonchev–Trinajstić information content (AvgIpc) is 2.54. The molecule has 1 amide bonds. The Hall–Kier alpha value is -1.66. The Bertz CT molecular complexity index is 466. The van der Waals surface area contributed by atoms with Crippen LogP contribution in [0.5, 0.6) is 0 Å². The molecule has 0 atom stereocenters. The van der Waals surface area contributed by atoms with Gasteiger partial charge in [0.15, 0.2) is 0 Å². The summed E-state index contributed by atoms with van der Waals surface area (Å²) < 4.78 is 0. The largest absolute Gasteiger partial charge is 0.368 e. The van der Waals surface area contributed by atoms with Gasteiger partial charge in [0.05, 0.1) is 11.9 Å². The average molecular weight is 305 g/mol. The molecule has 0 bridgehead atoms. The SMILES string of the molecule is CCN1CCN(c2ccc(C(=O)NCCN(C)C)nc2)CC1. The molecule has 0 radical (unpaired) electrons. The molecular formula is C16H27N5O. The third-order valence-corrected chi connectivity index (χ3v) is 4.01. The fourth-order valence-electron chi connectivity index (χ4n) is 2.51. The van der Waals surface area contributed by atoms with Gasteiger partial charge in [-0.25, -0.2) is 4.98 Å². The van der Waals surface area contributed by atoms with E-state index in [1.54, 1.807) is 0 Å². The van der Waals surface area contributed by atoms with Crippen LogP contribution in [0.2, 0.25) is 0 Å². The van der Waals surface area contributed by atoms with Gasteiger partial charge in [-0.15, -0.1) is 0 Å². The maximum atomic E-state index is 12.0. The van der Waals surface area contributed by atoms with Crippen molar-refractivity contribution >= 4 is 11.6 Å². The molecule has 0 spiro atoms. The van der Waals surface area contributed by atoms with Gasteiger partial charge in [-0.3, -0.25) is 4.79 Å². The van der Waals surface area contributed by atoms with Crippen LogP contribution in [0.1, 0.15) is 17.4 Å². The lowest BCUT2D eigenvalue weighted by Gasteiger charge is -2.35. The molecule has 1 aliphatic rings. The molecule has 0 saturated carbocycles. The Labute approximate surface area is 133 Å². The minimum Gasteiger partial charge on any atom is -0.368 e.